The lowest BCUT2D eigenvalue weighted by molar-refractivity contribution is -0.118. The topological polar surface area (TPSA) is 52.6 Å². The molecule has 1 saturated carbocycles. The number of amides is 1. The lowest BCUT2D eigenvalue weighted by Gasteiger charge is -2.31. The van der Waals surface area contributed by atoms with Crippen LogP contribution in [0.25, 0.3) is 0 Å². The quantitative estimate of drug-likeness (QED) is 0.779. The maximum atomic E-state index is 14.2. The summed E-state index contributed by atoms with van der Waals surface area (Å²) in [6.45, 7) is 0.101. The van der Waals surface area contributed by atoms with Crippen LogP contribution in [0.2, 0.25) is 0 Å². The third-order valence-electron chi connectivity index (χ3n) is 5.31. The summed E-state index contributed by atoms with van der Waals surface area (Å²) in [6.07, 6.45) is 4.51. The molecule has 2 atom stereocenters. The maximum absolute atomic E-state index is 14.2. The molecule has 29 heavy (non-hydrogen) atoms. The van der Waals surface area contributed by atoms with E-state index in [2.05, 4.69) is 5.32 Å². The minimum atomic E-state index is -0.893. The molecule has 0 spiro atoms. The predicted molar refractivity (Wildman–Crippen MR) is 109 cm³/mol. The molecular formula is C22H22F2N2O2S. The molecule has 1 heterocycles. The third-order valence-corrected chi connectivity index (χ3v) is 6.39. The summed E-state index contributed by atoms with van der Waals surface area (Å²) < 4.78 is 27.8. The summed E-state index contributed by atoms with van der Waals surface area (Å²) in [7, 11) is 0. The summed E-state index contributed by atoms with van der Waals surface area (Å²) in [5, 5.41) is 13.1. The first-order valence-corrected chi connectivity index (χ1v) is 10.5. The van der Waals surface area contributed by atoms with Crippen LogP contribution in [0.5, 0.6) is 0 Å². The van der Waals surface area contributed by atoms with Gasteiger partial charge in [-0.05, 0) is 31.0 Å². The second kappa shape index (κ2) is 8.55. The number of carbonyl (C=O) groups excluding carboxylic acids is 1. The van der Waals surface area contributed by atoms with E-state index in [9.17, 15) is 18.7 Å². The van der Waals surface area contributed by atoms with Crippen LogP contribution in [-0.2, 0) is 11.3 Å². The Morgan fingerprint density at radius 2 is 1.93 bits per heavy atom. The van der Waals surface area contributed by atoms with E-state index >= 15 is 0 Å². The average molecular weight is 416 g/mol. The van der Waals surface area contributed by atoms with Crippen molar-refractivity contribution < 1.29 is 18.7 Å². The van der Waals surface area contributed by atoms with E-state index in [4.69, 9.17) is 0 Å². The number of anilines is 1. The minimum Gasteiger partial charge on any atom is -0.391 e. The number of thioether (sulfide) groups is 1. The molecule has 2 aliphatic rings. The number of halogens is 2. The van der Waals surface area contributed by atoms with Crippen LogP contribution in [0, 0.1) is 11.6 Å². The van der Waals surface area contributed by atoms with Crippen molar-refractivity contribution in [2.75, 3.05) is 4.90 Å². The van der Waals surface area contributed by atoms with E-state index in [-0.39, 0.29) is 24.1 Å². The molecule has 2 aromatic carbocycles. The highest BCUT2D eigenvalue weighted by Crippen LogP contribution is 2.41. The molecule has 0 bridgehead atoms. The SMILES string of the molecule is O=C(N[C@H]1CCCC[C@@H]1O)C1=CN(Cc2cccc(F)c2F)c2ccccc2S1. The lowest BCUT2D eigenvalue weighted by Crippen LogP contribution is -2.45. The van der Waals surface area contributed by atoms with Gasteiger partial charge in [0.15, 0.2) is 11.6 Å². The van der Waals surface area contributed by atoms with Gasteiger partial charge in [-0.1, -0.05) is 48.9 Å². The second-order valence-electron chi connectivity index (χ2n) is 7.34. The Balaban J connectivity index is 1.59. The van der Waals surface area contributed by atoms with Gasteiger partial charge in [-0.3, -0.25) is 4.79 Å². The third kappa shape index (κ3) is 4.31. The van der Waals surface area contributed by atoms with Gasteiger partial charge in [-0.15, -0.1) is 0 Å². The Morgan fingerprint density at radius 3 is 2.76 bits per heavy atom. The van der Waals surface area contributed by atoms with Crippen molar-refractivity contribution in [3.8, 4) is 0 Å². The number of hydrogen-bond donors (Lipinski definition) is 2. The molecule has 0 aromatic heterocycles. The molecule has 0 unspecified atom stereocenters. The summed E-state index contributed by atoms with van der Waals surface area (Å²) in [5.41, 5.74) is 1.04. The fourth-order valence-corrected chi connectivity index (χ4v) is 4.75. The zero-order valence-electron chi connectivity index (χ0n) is 15.8. The fraction of sp³-hybridized carbons (Fsp3) is 0.318. The lowest BCUT2D eigenvalue weighted by atomic mass is 9.92. The molecule has 1 amide bonds. The highest BCUT2D eigenvalue weighted by molar-refractivity contribution is 8.04. The number of carbonyl (C=O) groups is 1. The molecule has 2 N–H and O–H groups in total. The van der Waals surface area contributed by atoms with Crippen LogP contribution in [-0.4, -0.2) is 23.2 Å². The Labute approximate surface area is 172 Å². The number of nitrogens with zero attached hydrogens (tertiary/aromatic N) is 1. The van der Waals surface area contributed by atoms with Gasteiger partial charge in [0.25, 0.3) is 5.91 Å². The zero-order valence-corrected chi connectivity index (χ0v) is 16.6. The first-order chi connectivity index (χ1) is 14.0. The van der Waals surface area contributed by atoms with Crippen LogP contribution in [0.3, 0.4) is 0 Å². The van der Waals surface area contributed by atoms with Gasteiger partial charge < -0.3 is 15.3 Å². The molecule has 2 aromatic rings. The molecule has 152 valence electrons. The average Bonchev–Trinajstić information content (AvgIpc) is 2.73. The van der Waals surface area contributed by atoms with Gasteiger partial charge in [-0.2, -0.15) is 0 Å². The number of rotatable bonds is 4. The van der Waals surface area contributed by atoms with Crippen LogP contribution in [0.15, 0.2) is 58.5 Å². The van der Waals surface area contributed by atoms with Crippen molar-refractivity contribution >= 4 is 23.4 Å². The maximum Gasteiger partial charge on any atom is 0.259 e. The standard InChI is InChI=1S/C22H22F2N2O2S/c23-15-7-5-6-14(21(15)24)12-26-13-20(29-19-11-4-2-9-17(19)26)22(28)25-16-8-1-3-10-18(16)27/h2,4-7,9,11,13,16,18,27H,1,3,8,10,12H2,(H,25,28)/t16-,18-/m0/s1. The fourth-order valence-electron chi connectivity index (χ4n) is 3.75. The van der Waals surface area contributed by atoms with E-state index in [1.54, 1.807) is 11.1 Å². The molecule has 1 fully saturated rings. The van der Waals surface area contributed by atoms with Crippen molar-refractivity contribution in [1.82, 2.24) is 5.32 Å². The number of nitrogens with one attached hydrogen (secondary N) is 1. The summed E-state index contributed by atoms with van der Waals surface area (Å²) >= 11 is 1.33. The van der Waals surface area contributed by atoms with Gasteiger partial charge >= 0.3 is 0 Å². The molecule has 7 heteroatoms. The largest absolute Gasteiger partial charge is 0.391 e. The van der Waals surface area contributed by atoms with Gasteiger partial charge in [0.05, 0.1) is 29.3 Å². The van der Waals surface area contributed by atoms with E-state index in [0.29, 0.717) is 11.3 Å². The zero-order chi connectivity index (χ0) is 20.4. The van der Waals surface area contributed by atoms with Crippen LogP contribution < -0.4 is 10.2 Å². The van der Waals surface area contributed by atoms with Gasteiger partial charge in [0.1, 0.15) is 0 Å². The Hall–Kier alpha value is -2.38. The minimum absolute atomic E-state index is 0.101. The van der Waals surface area contributed by atoms with E-state index < -0.39 is 17.7 Å². The second-order valence-corrected chi connectivity index (χ2v) is 8.42. The van der Waals surface area contributed by atoms with E-state index in [1.165, 1.54) is 23.9 Å². The predicted octanol–water partition coefficient (Wildman–Crippen LogP) is 4.34. The molecule has 4 rings (SSSR count). The van der Waals surface area contributed by atoms with Crippen molar-refractivity contribution in [2.24, 2.45) is 0 Å². The molecule has 0 saturated heterocycles. The van der Waals surface area contributed by atoms with E-state index in [0.717, 1.165) is 35.9 Å². The number of fused-ring (bicyclic) bond motifs is 1. The van der Waals surface area contributed by atoms with Crippen LogP contribution in [0.4, 0.5) is 14.5 Å². The summed E-state index contributed by atoms with van der Waals surface area (Å²) in [6, 6.07) is 11.4. The molecular weight excluding hydrogens is 394 g/mol. The van der Waals surface area contributed by atoms with Crippen molar-refractivity contribution in [2.45, 2.75) is 49.3 Å². The number of aliphatic hydroxyl groups excluding tert-OH is 1. The summed E-state index contributed by atoms with van der Waals surface area (Å²) in [5.74, 6) is -2.04. The number of para-hydroxylation sites is 1. The van der Waals surface area contributed by atoms with Gasteiger partial charge in [0, 0.05) is 16.7 Å². The highest BCUT2D eigenvalue weighted by atomic mass is 32.2. The molecule has 1 aliphatic carbocycles. The molecule has 1 aliphatic heterocycles. The monoisotopic (exact) mass is 416 g/mol. The number of benzene rings is 2. The Morgan fingerprint density at radius 1 is 1.14 bits per heavy atom. The molecule has 0 radical (unpaired) electrons. The van der Waals surface area contributed by atoms with E-state index in [1.807, 2.05) is 24.3 Å². The van der Waals surface area contributed by atoms with Crippen LogP contribution in [0.1, 0.15) is 31.2 Å². The molecule has 4 nitrogen and oxygen atoms in total. The van der Waals surface area contributed by atoms with Crippen molar-refractivity contribution in [1.29, 1.82) is 0 Å². The van der Waals surface area contributed by atoms with Gasteiger partial charge in [-0.25, -0.2) is 8.78 Å². The first-order valence-electron chi connectivity index (χ1n) is 9.70. The van der Waals surface area contributed by atoms with Gasteiger partial charge in [0.2, 0.25) is 0 Å². The van der Waals surface area contributed by atoms with Crippen molar-refractivity contribution in [3.63, 3.8) is 0 Å². The Kier molecular flexibility index (Phi) is 5.87. The normalized spacial score (nSPS) is 21.3. The first kappa shape index (κ1) is 19.9. The van der Waals surface area contributed by atoms with Crippen LogP contribution >= 0.6 is 11.8 Å². The smallest absolute Gasteiger partial charge is 0.259 e. The Bertz CT molecular complexity index is 950. The van der Waals surface area contributed by atoms with Crippen molar-refractivity contribution in [3.05, 3.63) is 70.8 Å². The number of hydrogen-bond acceptors (Lipinski definition) is 4. The highest BCUT2D eigenvalue weighted by Gasteiger charge is 2.28. The summed E-state index contributed by atoms with van der Waals surface area (Å²) in [4.78, 5) is 15.9. The number of aliphatic hydroxyl groups is 1.